The zero-order valence-corrected chi connectivity index (χ0v) is 7.31. The molecule has 0 aliphatic heterocycles. The maximum absolute atomic E-state index is 10.6. The highest BCUT2D eigenvalue weighted by molar-refractivity contribution is 5.77. The predicted molar refractivity (Wildman–Crippen MR) is 39.3 cm³/mol. The molecule has 6 heteroatoms. The molecule has 0 radical (unpaired) electrons. The summed E-state index contributed by atoms with van der Waals surface area (Å²) < 4.78 is 31.7. The number of ketones is 1. The fourth-order valence-corrected chi connectivity index (χ4v) is 0.250. The lowest BCUT2D eigenvalue weighted by atomic mass is 10.3. The van der Waals surface area contributed by atoms with Gasteiger partial charge >= 0.3 is 12.1 Å². The average Bonchev–Trinajstić information content (AvgIpc) is 2.02. The Labute approximate surface area is 73.5 Å². The van der Waals surface area contributed by atoms with E-state index in [0.29, 0.717) is 18.6 Å². The maximum Gasteiger partial charge on any atom is 0.490 e. The first-order chi connectivity index (χ1) is 5.75. The molecule has 0 aromatic carbocycles. The van der Waals surface area contributed by atoms with Crippen LogP contribution in [0.3, 0.4) is 0 Å². The molecular weight excluding hydrogens is 189 g/mol. The minimum Gasteiger partial charge on any atom is -0.475 e. The summed E-state index contributed by atoms with van der Waals surface area (Å²) in [6, 6.07) is 0. The Hall–Kier alpha value is -1.07. The summed E-state index contributed by atoms with van der Waals surface area (Å²) in [5.74, 6) is -2.41. The van der Waals surface area contributed by atoms with E-state index < -0.39 is 12.1 Å². The summed E-state index contributed by atoms with van der Waals surface area (Å²) in [6.07, 6.45) is -3.70. The first-order valence-electron chi connectivity index (χ1n) is 3.57. The summed E-state index contributed by atoms with van der Waals surface area (Å²) in [6.45, 7) is 3.76. The van der Waals surface area contributed by atoms with Crippen LogP contribution < -0.4 is 0 Å². The van der Waals surface area contributed by atoms with Crippen molar-refractivity contribution in [2.75, 3.05) is 0 Å². The van der Waals surface area contributed by atoms with Gasteiger partial charge in [0.1, 0.15) is 5.78 Å². The van der Waals surface area contributed by atoms with E-state index in [4.69, 9.17) is 9.90 Å². The minimum absolute atomic E-state index is 0.343. The van der Waals surface area contributed by atoms with Crippen molar-refractivity contribution in [1.29, 1.82) is 0 Å². The molecule has 0 saturated heterocycles. The van der Waals surface area contributed by atoms with Gasteiger partial charge in [-0.15, -0.1) is 0 Å². The van der Waals surface area contributed by atoms with Crippen LogP contribution in [0, 0.1) is 0 Å². The van der Waals surface area contributed by atoms with Gasteiger partial charge < -0.3 is 5.11 Å². The lowest BCUT2D eigenvalue weighted by Crippen LogP contribution is -2.21. The van der Waals surface area contributed by atoms with Crippen molar-refractivity contribution < 1.29 is 27.9 Å². The van der Waals surface area contributed by atoms with Gasteiger partial charge in [-0.2, -0.15) is 13.2 Å². The van der Waals surface area contributed by atoms with Crippen LogP contribution in [0.25, 0.3) is 0 Å². The fourth-order valence-electron chi connectivity index (χ4n) is 0.250. The van der Waals surface area contributed by atoms with E-state index >= 15 is 0 Å². The van der Waals surface area contributed by atoms with Gasteiger partial charge in [0.2, 0.25) is 0 Å². The molecule has 0 aliphatic carbocycles. The van der Waals surface area contributed by atoms with E-state index in [1.807, 2.05) is 13.8 Å². The van der Waals surface area contributed by atoms with Crippen LogP contribution >= 0.6 is 0 Å². The molecular formula is C7H11F3O3. The molecule has 0 amide bonds. The standard InChI is InChI=1S/C5H10O.C2HF3O2/c1-3-5(6)4-2;3-2(4,5)1(6)7/h3-4H2,1-2H3;(H,6,7). The van der Waals surface area contributed by atoms with Gasteiger partial charge in [0.25, 0.3) is 0 Å². The number of Topliss-reactive ketones (excluding diaryl/α,β-unsaturated/α-hetero) is 1. The SMILES string of the molecule is CCC(=O)CC.O=C(O)C(F)(F)F. The second-order valence-corrected chi connectivity index (χ2v) is 2.05. The molecule has 0 heterocycles. The van der Waals surface area contributed by atoms with Crippen LogP contribution in [-0.2, 0) is 9.59 Å². The van der Waals surface area contributed by atoms with Gasteiger partial charge in [-0.25, -0.2) is 4.79 Å². The molecule has 3 nitrogen and oxygen atoms in total. The first-order valence-corrected chi connectivity index (χ1v) is 3.57. The van der Waals surface area contributed by atoms with Gasteiger partial charge in [-0.05, 0) is 0 Å². The Kier molecular flexibility index (Phi) is 7.17. The Morgan fingerprint density at radius 2 is 1.38 bits per heavy atom. The quantitative estimate of drug-likeness (QED) is 0.741. The molecule has 0 saturated carbocycles. The predicted octanol–water partition coefficient (Wildman–Crippen LogP) is 2.01. The van der Waals surface area contributed by atoms with Gasteiger partial charge in [-0.1, -0.05) is 13.8 Å². The summed E-state index contributed by atoms with van der Waals surface area (Å²) in [5, 5.41) is 7.12. The molecule has 0 aromatic rings. The summed E-state index contributed by atoms with van der Waals surface area (Å²) in [4.78, 5) is 19.1. The fraction of sp³-hybridized carbons (Fsp3) is 0.714. The number of aliphatic carboxylic acids is 1. The third-order valence-electron chi connectivity index (χ3n) is 1.03. The largest absolute Gasteiger partial charge is 0.490 e. The van der Waals surface area contributed by atoms with Gasteiger partial charge in [0.15, 0.2) is 0 Å². The van der Waals surface area contributed by atoms with Crippen LogP contribution in [0.2, 0.25) is 0 Å². The normalized spacial score (nSPS) is 9.92. The van der Waals surface area contributed by atoms with Crippen molar-refractivity contribution in [2.24, 2.45) is 0 Å². The highest BCUT2D eigenvalue weighted by Crippen LogP contribution is 2.13. The highest BCUT2D eigenvalue weighted by atomic mass is 19.4. The van der Waals surface area contributed by atoms with Crippen molar-refractivity contribution in [3.8, 4) is 0 Å². The van der Waals surface area contributed by atoms with Crippen molar-refractivity contribution in [3.63, 3.8) is 0 Å². The van der Waals surface area contributed by atoms with Crippen molar-refractivity contribution in [2.45, 2.75) is 32.9 Å². The Balaban J connectivity index is 0. The second kappa shape index (κ2) is 6.45. The van der Waals surface area contributed by atoms with Crippen molar-refractivity contribution >= 4 is 11.8 Å². The molecule has 0 spiro atoms. The molecule has 78 valence electrons. The number of alkyl halides is 3. The summed E-state index contributed by atoms with van der Waals surface area (Å²) in [5.41, 5.74) is 0. The highest BCUT2D eigenvalue weighted by Gasteiger charge is 2.38. The number of carbonyl (C=O) groups excluding carboxylic acids is 1. The third-order valence-corrected chi connectivity index (χ3v) is 1.03. The topological polar surface area (TPSA) is 54.4 Å². The molecule has 13 heavy (non-hydrogen) atoms. The molecule has 1 N–H and O–H groups in total. The molecule has 0 aliphatic rings. The summed E-state index contributed by atoms with van der Waals surface area (Å²) in [7, 11) is 0. The average molecular weight is 200 g/mol. The molecule has 0 rings (SSSR count). The lowest BCUT2D eigenvalue weighted by Gasteiger charge is -1.93. The smallest absolute Gasteiger partial charge is 0.475 e. The Morgan fingerprint density at radius 1 is 1.15 bits per heavy atom. The Bertz CT molecular complexity index is 168. The molecule has 0 bridgehead atoms. The van der Waals surface area contributed by atoms with E-state index in [-0.39, 0.29) is 0 Å². The minimum atomic E-state index is -5.08. The Morgan fingerprint density at radius 3 is 1.38 bits per heavy atom. The second-order valence-electron chi connectivity index (χ2n) is 2.05. The van der Waals surface area contributed by atoms with E-state index in [0.717, 1.165) is 0 Å². The number of halogens is 3. The zero-order chi connectivity index (χ0) is 11.1. The van der Waals surface area contributed by atoms with Crippen LogP contribution in [0.15, 0.2) is 0 Å². The number of carboxylic acids is 1. The van der Waals surface area contributed by atoms with E-state index in [1.165, 1.54) is 0 Å². The van der Waals surface area contributed by atoms with E-state index in [2.05, 4.69) is 0 Å². The third kappa shape index (κ3) is 10.9. The van der Waals surface area contributed by atoms with Gasteiger partial charge in [0, 0.05) is 12.8 Å². The van der Waals surface area contributed by atoms with Crippen LogP contribution in [0.1, 0.15) is 26.7 Å². The molecule has 0 atom stereocenters. The number of hydrogen-bond donors (Lipinski definition) is 1. The number of carboxylic acid groups (broad SMARTS) is 1. The van der Waals surface area contributed by atoms with Gasteiger partial charge in [0.05, 0.1) is 0 Å². The van der Waals surface area contributed by atoms with Crippen LogP contribution in [-0.4, -0.2) is 23.0 Å². The lowest BCUT2D eigenvalue weighted by molar-refractivity contribution is -0.192. The zero-order valence-electron chi connectivity index (χ0n) is 7.31. The summed E-state index contributed by atoms with van der Waals surface area (Å²) >= 11 is 0. The van der Waals surface area contributed by atoms with Crippen LogP contribution in [0.4, 0.5) is 13.2 Å². The van der Waals surface area contributed by atoms with E-state index in [1.54, 1.807) is 0 Å². The first kappa shape index (κ1) is 14.5. The monoisotopic (exact) mass is 200 g/mol. The van der Waals surface area contributed by atoms with Crippen molar-refractivity contribution in [3.05, 3.63) is 0 Å². The number of rotatable bonds is 2. The maximum atomic E-state index is 10.6. The molecule has 0 unspecified atom stereocenters. The van der Waals surface area contributed by atoms with Crippen LogP contribution in [0.5, 0.6) is 0 Å². The molecule has 0 fully saturated rings. The number of hydrogen-bond acceptors (Lipinski definition) is 2. The van der Waals surface area contributed by atoms with E-state index in [9.17, 15) is 18.0 Å². The number of carbonyl (C=O) groups is 2. The molecule has 0 aromatic heterocycles. The van der Waals surface area contributed by atoms with Crippen molar-refractivity contribution in [1.82, 2.24) is 0 Å². The van der Waals surface area contributed by atoms with Gasteiger partial charge in [-0.3, -0.25) is 4.79 Å².